The van der Waals surface area contributed by atoms with E-state index in [1.165, 1.54) is 6.07 Å². The van der Waals surface area contributed by atoms with Crippen LogP contribution in [0, 0.1) is 17.1 Å². The highest BCUT2D eigenvalue weighted by Gasteiger charge is 2.18. The molecule has 0 atom stereocenters. The number of nitriles is 1. The molecule has 0 aliphatic heterocycles. The number of benzene rings is 2. The van der Waals surface area contributed by atoms with Gasteiger partial charge in [0.05, 0.1) is 11.3 Å². The summed E-state index contributed by atoms with van der Waals surface area (Å²) in [6, 6.07) is 16.3. The van der Waals surface area contributed by atoms with Crippen molar-refractivity contribution in [2.45, 2.75) is 0 Å². The highest BCUT2D eigenvalue weighted by Crippen LogP contribution is 2.33. The van der Waals surface area contributed by atoms with Crippen molar-refractivity contribution >= 4 is 10.9 Å². The summed E-state index contributed by atoms with van der Waals surface area (Å²) in [5, 5.41) is 10.2. The highest BCUT2D eigenvalue weighted by molar-refractivity contribution is 5.94. The quantitative estimate of drug-likeness (QED) is 0.644. The summed E-state index contributed by atoms with van der Waals surface area (Å²) < 4.78 is 15.8. The molecule has 0 fully saturated rings. The van der Waals surface area contributed by atoms with Gasteiger partial charge in [-0.05, 0) is 18.2 Å². The van der Waals surface area contributed by atoms with E-state index in [0.717, 1.165) is 10.9 Å². The molecule has 2 nitrogen and oxygen atoms in total. The Morgan fingerprint density at radius 3 is 2.47 bits per heavy atom. The zero-order valence-electron chi connectivity index (χ0n) is 10.4. The van der Waals surface area contributed by atoms with Crippen LogP contribution in [0.1, 0.15) is 5.56 Å². The molecule has 1 aromatic heterocycles. The second-order valence-corrected chi connectivity index (χ2v) is 4.39. The number of para-hydroxylation sites is 1. The zero-order valence-corrected chi connectivity index (χ0v) is 10.4. The van der Waals surface area contributed by atoms with Gasteiger partial charge in [-0.2, -0.15) is 5.26 Å². The monoisotopic (exact) mass is 250 g/mol. The molecular formula is C16H11FN2. The standard InChI is InChI=1S/C16H11FN2/c1-19-15-9-5-3-6-11(15)13(10-18)16(19)12-7-2-4-8-14(12)17/h2-9H,1H3. The Bertz CT molecular complexity index is 809. The van der Waals surface area contributed by atoms with Gasteiger partial charge in [-0.15, -0.1) is 0 Å². The summed E-state index contributed by atoms with van der Waals surface area (Å²) >= 11 is 0. The number of rotatable bonds is 1. The van der Waals surface area contributed by atoms with Gasteiger partial charge in [0.2, 0.25) is 0 Å². The second kappa shape index (κ2) is 4.25. The fourth-order valence-corrected chi connectivity index (χ4v) is 2.48. The zero-order chi connectivity index (χ0) is 13.4. The number of hydrogen-bond acceptors (Lipinski definition) is 1. The molecule has 3 heteroatoms. The van der Waals surface area contributed by atoms with Crippen molar-refractivity contribution in [2.24, 2.45) is 7.05 Å². The van der Waals surface area contributed by atoms with E-state index in [1.54, 1.807) is 18.2 Å². The first-order valence-electron chi connectivity index (χ1n) is 5.96. The predicted molar refractivity (Wildman–Crippen MR) is 73.0 cm³/mol. The Hall–Kier alpha value is -2.60. The van der Waals surface area contributed by atoms with Crippen LogP contribution in [-0.2, 0) is 7.05 Å². The molecule has 0 saturated heterocycles. The highest BCUT2D eigenvalue weighted by atomic mass is 19.1. The lowest BCUT2D eigenvalue weighted by molar-refractivity contribution is 0.630. The van der Waals surface area contributed by atoms with Crippen LogP contribution in [0.25, 0.3) is 22.2 Å². The molecule has 1 heterocycles. The van der Waals surface area contributed by atoms with Crippen LogP contribution in [-0.4, -0.2) is 4.57 Å². The number of aryl methyl sites for hydroxylation is 1. The van der Waals surface area contributed by atoms with Crippen molar-refractivity contribution < 1.29 is 4.39 Å². The third kappa shape index (κ3) is 1.61. The summed E-state index contributed by atoms with van der Waals surface area (Å²) in [7, 11) is 1.85. The minimum Gasteiger partial charge on any atom is -0.342 e. The summed E-state index contributed by atoms with van der Waals surface area (Å²) in [5.74, 6) is -0.315. The van der Waals surface area contributed by atoms with Gasteiger partial charge in [0.25, 0.3) is 0 Å². The van der Waals surface area contributed by atoms with Crippen LogP contribution in [0.3, 0.4) is 0 Å². The summed E-state index contributed by atoms with van der Waals surface area (Å²) in [5.41, 5.74) is 2.53. The number of fused-ring (bicyclic) bond motifs is 1. The lowest BCUT2D eigenvalue weighted by atomic mass is 10.1. The largest absolute Gasteiger partial charge is 0.342 e. The van der Waals surface area contributed by atoms with E-state index >= 15 is 0 Å². The molecule has 0 unspecified atom stereocenters. The van der Waals surface area contributed by atoms with Crippen molar-refractivity contribution in [3.05, 3.63) is 59.9 Å². The second-order valence-electron chi connectivity index (χ2n) is 4.39. The third-order valence-corrected chi connectivity index (χ3v) is 3.35. The molecule has 0 spiro atoms. The van der Waals surface area contributed by atoms with Crippen molar-refractivity contribution in [1.29, 1.82) is 5.26 Å². The number of hydrogen-bond donors (Lipinski definition) is 0. The van der Waals surface area contributed by atoms with Gasteiger partial charge in [0.15, 0.2) is 0 Å². The Labute approximate surface area is 110 Å². The molecule has 3 aromatic rings. The van der Waals surface area contributed by atoms with Crippen LogP contribution in [0.5, 0.6) is 0 Å². The molecule has 0 aliphatic carbocycles. The maximum Gasteiger partial charge on any atom is 0.132 e. The maximum atomic E-state index is 14.0. The minimum absolute atomic E-state index is 0.315. The first kappa shape index (κ1) is 11.5. The SMILES string of the molecule is Cn1c(-c2ccccc2F)c(C#N)c2ccccc21. The average molecular weight is 250 g/mol. The molecule has 0 N–H and O–H groups in total. The molecule has 0 aliphatic rings. The topological polar surface area (TPSA) is 28.7 Å². The molecule has 2 aromatic carbocycles. The first-order chi connectivity index (χ1) is 9.24. The fourth-order valence-electron chi connectivity index (χ4n) is 2.48. The summed E-state index contributed by atoms with van der Waals surface area (Å²) in [6.07, 6.45) is 0. The van der Waals surface area contributed by atoms with Crippen LogP contribution in [0.2, 0.25) is 0 Å². The lowest BCUT2D eigenvalue weighted by Gasteiger charge is -2.06. The van der Waals surface area contributed by atoms with Gasteiger partial charge in [-0.25, -0.2) is 4.39 Å². The smallest absolute Gasteiger partial charge is 0.132 e. The molecule has 0 radical (unpaired) electrons. The van der Waals surface area contributed by atoms with E-state index in [1.807, 2.05) is 35.9 Å². The van der Waals surface area contributed by atoms with Gasteiger partial charge in [-0.1, -0.05) is 30.3 Å². The molecule has 0 saturated carbocycles. The van der Waals surface area contributed by atoms with Crippen LogP contribution >= 0.6 is 0 Å². The Balaban J connectivity index is 2.46. The van der Waals surface area contributed by atoms with E-state index < -0.39 is 0 Å². The van der Waals surface area contributed by atoms with Crippen molar-refractivity contribution in [2.75, 3.05) is 0 Å². The molecule has 92 valence electrons. The van der Waals surface area contributed by atoms with Crippen LogP contribution < -0.4 is 0 Å². The van der Waals surface area contributed by atoms with Crippen molar-refractivity contribution in [3.8, 4) is 17.3 Å². The first-order valence-corrected chi connectivity index (χ1v) is 5.96. The van der Waals surface area contributed by atoms with Crippen molar-refractivity contribution in [3.63, 3.8) is 0 Å². The van der Waals surface area contributed by atoms with E-state index in [0.29, 0.717) is 16.8 Å². The molecular weight excluding hydrogens is 239 g/mol. The van der Waals surface area contributed by atoms with Gasteiger partial charge in [-0.3, -0.25) is 0 Å². The van der Waals surface area contributed by atoms with E-state index in [-0.39, 0.29) is 5.82 Å². The molecule has 0 bridgehead atoms. The van der Waals surface area contributed by atoms with Gasteiger partial charge < -0.3 is 4.57 Å². The van der Waals surface area contributed by atoms with Crippen molar-refractivity contribution in [1.82, 2.24) is 4.57 Å². The average Bonchev–Trinajstić information content (AvgIpc) is 2.73. The molecule has 19 heavy (non-hydrogen) atoms. The summed E-state index contributed by atoms with van der Waals surface area (Å²) in [6.45, 7) is 0. The van der Waals surface area contributed by atoms with Crippen LogP contribution in [0.15, 0.2) is 48.5 Å². The maximum absolute atomic E-state index is 14.0. The van der Waals surface area contributed by atoms with E-state index in [2.05, 4.69) is 6.07 Å². The molecule has 0 amide bonds. The van der Waals surface area contributed by atoms with Gasteiger partial charge in [0, 0.05) is 23.5 Å². The number of aromatic nitrogens is 1. The Morgan fingerprint density at radius 2 is 1.74 bits per heavy atom. The van der Waals surface area contributed by atoms with E-state index in [4.69, 9.17) is 0 Å². The Morgan fingerprint density at radius 1 is 1.05 bits per heavy atom. The predicted octanol–water partition coefficient (Wildman–Crippen LogP) is 3.86. The van der Waals surface area contributed by atoms with E-state index in [9.17, 15) is 9.65 Å². The fraction of sp³-hybridized carbons (Fsp3) is 0.0625. The summed E-state index contributed by atoms with van der Waals surface area (Å²) in [4.78, 5) is 0. The normalized spacial score (nSPS) is 10.6. The lowest BCUT2D eigenvalue weighted by Crippen LogP contribution is -1.94. The van der Waals surface area contributed by atoms with Gasteiger partial charge in [0.1, 0.15) is 11.9 Å². The molecule has 3 rings (SSSR count). The number of nitrogens with zero attached hydrogens (tertiary/aromatic N) is 2. The van der Waals surface area contributed by atoms with Gasteiger partial charge >= 0.3 is 0 Å². The minimum atomic E-state index is -0.315. The van der Waals surface area contributed by atoms with Crippen LogP contribution in [0.4, 0.5) is 4.39 Å². The third-order valence-electron chi connectivity index (χ3n) is 3.35. The Kier molecular flexibility index (Phi) is 2.57. The number of halogens is 1.